The summed E-state index contributed by atoms with van der Waals surface area (Å²) in [5.41, 5.74) is 3.05. The molecule has 3 aromatic rings. The molecule has 1 aromatic carbocycles. The van der Waals surface area contributed by atoms with Crippen LogP contribution in [0.2, 0.25) is 5.02 Å². The summed E-state index contributed by atoms with van der Waals surface area (Å²) in [4.78, 5) is 21.7. The van der Waals surface area contributed by atoms with Gasteiger partial charge < -0.3 is 9.80 Å². The maximum Gasteiger partial charge on any atom is 0.274 e. The summed E-state index contributed by atoms with van der Waals surface area (Å²) in [6.45, 7) is 5.44. The molecule has 0 unspecified atom stereocenters. The van der Waals surface area contributed by atoms with E-state index in [-0.39, 0.29) is 23.5 Å². The van der Waals surface area contributed by atoms with Crippen LogP contribution in [-0.4, -0.2) is 51.8 Å². The second-order valence-corrected chi connectivity index (χ2v) is 8.36. The Hall–Kier alpha value is -2.93. The topological polar surface area (TPSA) is 54.3 Å². The quantitative estimate of drug-likeness (QED) is 0.601. The molecule has 0 N–H and O–H groups in total. The largest absolute Gasteiger partial charge is 0.371 e. The summed E-state index contributed by atoms with van der Waals surface area (Å²) in [5, 5.41) is 4.77. The summed E-state index contributed by atoms with van der Waals surface area (Å²) in [6, 6.07) is 12.0. The lowest BCUT2D eigenvalue weighted by molar-refractivity contribution is 0.0703. The van der Waals surface area contributed by atoms with Crippen molar-refractivity contribution in [2.45, 2.75) is 32.7 Å². The molecule has 3 heterocycles. The van der Waals surface area contributed by atoms with E-state index in [4.69, 9.17) is 11.6 Å². The predicted octanol–water partition coefficient (Wildman–Crippen LogP) is 4.42. The van der Waals surface area contributed by atoms with Gasteiger partial charge in [-0.1, -0.05) is 11.6 Å². The average molecular weight is 442 g/mol. The van der Waals surface area contributed by atoms with E-state index < -0.39 is 0 Å². The molecule has 1 aliphatic rings. The standard InChI is InChI=1S/C23H25ClFN5O/c1-15-14-16(2)30(27-15)21-9-8-20(24)22(26-21)23(31)28(3)18-10-12-29(13-11-18)19-6-4-17(25)5-7-19/h4-9,14,18H,10-13H2,1-3H3. The Kier molecular flexibility index (Phi) is 5.96. The van der Waals surface area contributed by atoms with Crippen LogP contribution in [0.5, 0.6) is 0 Å². The SMILES string of the molecule is Cc1cc(C)n(-c2ccc(Cl)c(C(=O)N(C)C3CCN(c4ccc(F)cc4)CC3)n2)n1. The third kappa shape index (κ3) is 4.42. The molecule has 0 radical (unpaired) electrons. The van der Waals surface area contributed by atoms with Crippen molar-refractivity contribution in [2.24, 2.45) is 0 Å². The van der Waals surface area contributed by atoms with Crippen LogP contribution < -0.4 is 4.90 Å². The Morgan fingerprint density at radius 1 is 1.13 bits per heavy atom. The zero-order valence-corrected chi connectivity index (χ0v) is 18.6. The minimum Gasteiger partial charge on any atom is -0.371 e. The number of hydrogen-bond acceptors (Lipinski definition) is 4. The molecule has 0 spiro atoms. The Morgan fingerprint density at radius 3 is 2.42 bits per heavy atom. The second-order valence-electron chi connectivity index (χ2n) is 7.95. The molecule has 1 saturated heterocycles. The van der Waals surface area contributed by atoms with Crippen LogP contribution in [0.25, 0.3) is 5.82 Å². The maximum absolute atomic E-state index is 13.2. The molecule has 2 aromatic heterocycles. The van der Waals surface area contributed by atoms with E-state index in [0.29, 0.717) is 10.8 Å². The van der Waals surface area contributed by atoms with Gasteiger partial charge in [0.15, 0.2) is 5.82 Å². The summed E-state index contributed by atoms with van der Waals surface area (Å²) in [6.07, 6.45) is 1.63. The highest BCUT2D eigenvalue weighted by atomic mass is 35.5. The minimum absolute atomic E-state index is 0.0828. The normalized spacial score (nSPS) is 14.7. The van der Waals surface area contributed by atoms with Crippen LogP contribution in [0.15, 0.2) is 42.5 Å². The number of benzene rings is 1. The highest BCUT2D eigenvalue weighted by molar-refractivity contribution is 6.33. The molecule has 0 bridgehead atoms. The maximum atomic E-state index is 13.2. The smallest absolute Gasteiger partial charge is 0.274 e. The third-order valence-electron chi connectivity index (χ3n) is 5.78. The van der Waals surface area contributed by atoms with E-state index in [1.54, 1.807) is 40.9 Å². The van der Waals surface area contributed by atoms with Crippen molar-refractivity contribution in [3.05, 3.63) is 70.4 Å². The van der Waals surface area contributed by atoms with E-state index in [9.17, 15) is 9.18 Å². The van der Waals surface area contributed by atoms with E-state index in [1.165, 1.54) is 12.1 Å². The average Bonchev–Trinajstić information content (AvgIpc) is 3.11. The first-order valence-corrected chi connectivity index (χ1v) is 10.7. The van der Waals surface area contributed by atoms with Crippen molar-refractivity contribution < 1.29 is 9.18 Å². The van der Waals surface area contributed by atoms with Gasteiger partial charge in [-0.3, -0.25) is 4.79 Å². The number of carbonyl (C=O) groups is 1. The molecule has 0 aliphatic carbocycles. The number of halogens is 2. The zero-order valence-electron chi connectivity index (χ0n) is 17.8. The van der Waals surface area contributed by atoms with Gasteiger partial charge >= 0.3 is 0 Å². The van der Waals surface area contributed by atoms with Crippen molar-refractivity contribution in [1.29, 1.82) is 0 Å². The van der Waals surface area contributed by atoms with Crippen LogP contribution in [-0.2, 0) is 0 Å². The van der Waals surface area contributed by atoms with Gasteiger partial charge in [0.25, 0.3) is 5.91 Å². The van der Waals surface area contributed by atoms with E-state index >= 15 is 0 Å². The first-order valence-electron chi connectivity index (χ1n) is 10.3. The number of rotatable bonds is 4. The van der Waals surface area contributed by atoms with Crippen LogP contribution in [0.3, 0.4) is 0 Å². The number of aryl methyl sites for hydroxylation is 2. The van der Waals surface area contributed by atoms with Gasteiger partial charge in [0.2, 0.25) is 0 Å². The highest BCUT2D eigenvalue weighted by Gasteiger charge is 2.28. The number of pyridine rings is 1. The van der Waals surface area contributed by atoms with Gasteiger partial charge in [0.05, 0.1) is 10.7 Å². The van der Waals surface area contributed by atoms with Crippen molar-refractivity contribution in [3.8, 4) is 5.82 Å². The number of nitrogens with zero attached hydrogens (tertiary/aromatic N) is 5. The van der Waals surface area contributed by atoms with Crippen molar-refractivity contribution in [2.75, 3.05) is 25.0 Å². The monoisotopic (exact) mass is 441 g/mol. The molecule has 6 nitrogen and oxygen atoms in total. The molecule has 31 heavy (non-hydrogen) atoms. The first-order chi connectivity index (χ1) is 14.8. The number of anilines is 1. The van der Waals surface area contributed by atoms with E-state index in [0.717, 1.165) is 43.0 Å². The van der Waals surface area contributed by atoms with Crippen molar-refractivity contribution >= 4 is 23.2 Å². The molecule has 1 amide bonds. The fourth-order valence-corrected chi connectivity index (χ4v) is 4.24. The Morgan fingerprint density at radius 2 is 1.81 bits per heavy atom. The number of piperidine rings is 1. The van der Waals surface area contributed by atoms with E-state index in [2.05, 4.69) is 15.0 Å². The Labute approximate surface area is 186 Å². The number of carbonyl (C=O) groups excluding carboxylic acids is 1. The summed E-state index contributed by atoms with van der Waals surface area (Å²) in [7, 11) is 1.80. The summed E-state index contributed by atoms with van der Waals surface area (Å²) >= 11 is 6.34. The fourth-order valence-electron chi connectivity index (χ4n) is 4.06. The number of hydrogen-bond donors (Lipinski definition) is 0. The van der Waals surface area contributed by atoms with Gasteiger partial charge in [-0.25, -0.2) is 14.1 Å². The van der Waals surface area contributed by atoms with E-state index in [1.807, 2.05) is 19.9 Å². The number of aromatic nitrogens is 3. The number of amides is 1. The van der Waals surface area contributed by atoms with Gasteiger partial charge in [0.1, 0.15) is 11.5 Å². The molecule has 1 aliphatic heterocycles. The van der Waals surface area contributed by atoms with Gasteiger partial charge in [-0.05, 0) is 69.2 Å². The van der Waals surface area contributed by atoms with Crippen LogP contribution >= 0.6 is 11.6 Å². The van der Waals surface area contributed by atoms with Crippen molar-refractivity contribution in [1.82, 2.24) is 19.7 Å². The third-order valence-corrected chi connectivity index (χ3v) is 6.09. The molecular formula is C23H25ClFN5O. The lowest BCUT2D eigenvalue weighted by atomic mass is 10.0. The van der Waals surface area contributed by atoms with Crippen LogP contribution in [0.1, 0.15) is 34.7 Å². The fraction of sp³-hybridized carbons (Fsp3) is 0.348. The Bertz CT molecular complexity index is 1090. The molecule has 162 valence electrons. The van der Waals surface area contributed by atoms with Gasteiger partial charge in [-0.15, -0.1) is 0 Å². The van der Waals surface area contributed by atoms with Gasteiger partial charge in [-0.2, -0.15) is 5.10 Å². The molecular weight excluding hydrogens is 417 g/mol. The zero-order chi connectivity index (χ0) is 22.1. The van der Waals surface area contributed by atoms with Crippen LogP contribution in [0.4, 0.5) is 10.1 Å². The predicted molar refractivity (Wildman–Crippen MR) is 120 cm³/mol. The first kappa shape index (κ1) is 21.3. The summed E-state index contributed by atoms with van der Waals surface area (Å²) in [5.74, 6) is 0.127. The molecule has 8 heteroatoms. The van der Waals surface area contributed by atoms with Gasteiger partial charge in [0, 0.05) is 37.6 Å². The minimum atomic E-state index is -0.240. The molecule has 0 atom stereocenters. The highest BCUT2D eigenvalue weighted by Crippen LogP contribution is 2.25. The lowest BCUT2D eigenvalue weighted by Gasteiger charge is -2.37. The molecule has 1 fully saturated rings. The lowest BCUT2D eigenvalue weighted by Crippen LogP contribution is -2.46. The van der Waals surface area contributed by atoms with Crippen LogP contribution in [0, 0.1) is 19.7 Å². The molecule has 0 saturated carbocycles. The summed E-state index contributed by atoms with van der Waals surface area (Å²) < 4.78 is 14.9. The molecule has 4 rings (SSSR count). The second kappa shape index (κ2) is 8.67. The Balaban J connectivity index is 1.48. The van der Waals surface area contributed by atoms with Crippen molar-refractivity contribution in [3.63, 3.8) is 0 Å².